The molecule has 0 aliphatic carbocycles. The van der Waals surface area contributed by atoms with Gasteiger partial charge in [-0.25, -0.2) is 4.79 Å². The Balaban J connectivity index is 1.86. The molecule has 0 aliphatic heterocycles. The first-order valence-electron chi connectivity index (χ1n) is 7.19. The van der Waals surface area contributed by atoms with Gasteiger partial charge in [-0.2, -0.15) is 0 Å². The highest BCUT2D eigenvalue weighted by molar-refractivity contribution is 6.31. The molecule has 1 heterocycles. The average Bonchev–Trinajstić information content (AvgIpc) is 2.89. The Bertz CT molecular complexity index is 943. The van der Waals surface area contributed by atoms with Gasteiger partial charge in [0.1, 0.15) is 12.3 Å². The Kier molecular flexibility index (Phi) is 4.31. The van der Waals surface area contributed by atoms with Gasteiger partial charge in [0.25, 0.3) is 0 Å². The summed E-state index contributed by atoms with van der Waals surface area (Å²) in [5.41, 5.74) is 1.58. The SMILES string of the molecule is COc1ccc(N(C)C(=O)Cn2c(=O)oc3cc(Cl)ccc32)cc1. The summed E-state index contributed by atoms with van der Waals surface area (Å²) >= 11 is 5.88. The van der Waals surface area contributed by atoms with Gasteiger partial charge < -0.3 is 14.1 Å². The van der Waals surface area contributed by atoms with Gasteiger partial charge in [0.2, 0.25) is 5.91 Å². The second kappa shape index (κ2) is 6.41. The van der Waals surface area contributed by atoms with E-state index in [0.29, 0.717) is 27.6 Å². The van der Waals surface area contributed by atoms with E-state index in [0.717, 1.165) is 0 Å². The zero-order valence-corrected chi connectivity index (χ0v) is 13.9. The third-order valence-corrected chi connectivity index (χ3v) is 3.99. The topological polar surface area (TPSA) is 64.7 Å². The maximum Gasteiger partial charge on any atom is 0.420 e. The molecule has 2 aromatic carbocycles. The number of amides is 1. The minimum absolute atomic E-state index is 0.129. The number of ether oxygens (including phenoxy) is 1. The van der Waals surface area contributed by atoms with Crippen molar-refractivity contribution >= 4 is 34.3 Å². The number of likely N-dealkylation sites (N-methyl/N-ethyl adjacent to an activating group) is 1. The van der Waals surface area contributed by atoms with Crippen molar-refractivity contribution in [3.05, 3.63) is 58.0 Å². The zero-order valence-electron chi connectivity index (χ0n) is 13.2. The fraction of sp³-hybridized carbons (Fsp3) is 0.176. The van der Waals surface area contributed by atoms with Crippen molar-refractivity contribution in [2.24, 2.45) is 0 Å². The van der Waals surface area contributed by atoms with Gasteiger partial charge in [-0.3, -0.25) is 9.36 Å². The van der Waals surface area contributed by atoms with Crippen LogP contribution in [0, 0.1) is 0 Å². The Morgan fingerprint density at radius 3 is 2.62 bits per heavy atom. The van der Waals surface area contributed by atoms with Crippen molar-refractivity contribution in [2.75, 3.05) is 19.1 Å². The summed E-state index contributed by atoms with van der Waals surface area (Å²) in [7, 11) is 3.22. The minimum Gasteiger partial charge on any atom is -0.497 e. The highest BCUT2D eigenvalue weighted by Gasteiger charge is 2.17. The standard InChI is InChI=1S/C17H15ClN2O4/c1-19(12-4-6-13(23-2)7-5-12)16(21)10-20-14-8-3-11(18)9-15(14)24-17(20)22/h3-9H,10H2,1-2H3. The smallest absolute Gasteiger partial charge is 0.420 e. The summed E-state index contributed by atoms with van der Waals surface area (Å²) in [5.74, 6) is -0.141. The molecule has 124 valence electrons. The molecule has 0 spiro atoms. The van der Waals surface area contributed by atoms with Crippen molar-refractivity contribution in [1.29, 1.82) is 0 Å². The monoisotopic (exact) mass is 346 g/mol. The second-order valence-corrected chi connectivity index (χ2v) is 5.65. The molecule has 0 radical (unpaired) electrons. The Morgan fingerprint density at radius 2 is 1.96 bits per heavy atom. The number of hydrogen-bond acceptors (Lipinski definition) is 4. The van der Waals surface area contributed by atoms with E-state index in [1.807, 2.05) is 0 Å². The van der Waals surface area contributed by atoms with Gasteiger partial charge in [-0.05, 0) is 36.4 Å². The van der Waals surface area contributed by atoms with Crippen LogP contribution in [0.5, 0.6) is 5.75 Å². The fourth-order valence-electron chi connectivity index (χ4n) is 2.38. The highest BCUT2D eigenvalue weighted by atomic mass is 35.5. The van der Waals surface area contributed by atoms with Crippen LogP contribution >= 0.6 is 11.6 Å². The summed E-state index contributed by atoms with van der Waals surface area (Å²) < 4.78 is 11.5. The van der Waals surface area contributed by atoms with Crippen molar-refractivity contribution in [2.45, 2.75) is 6.54 Å². The van der Waals surface area contributed by atoms with Crippen molar-refractivity contribution < 1.29 is 13.9 Å². The quantitative estimate of drug-likeness (QED) is 0.728. The van der Waals surface area contributed by atoms with E-state index in [2.05, 4.69) is 0 Å². The van der Waals surface area contributed by atoms with Crippen LogP contribution in [-0.4, -0.2) is 24.6 Å². The summed E-state index contributed by atoms with van der Waals surface area (Å²) in [6.07, 6.45) is 0. The average molecular weight is 347 g/mol. The van der Waals surface area contributed by atoms with Crippen molar-refractivity contribution in [3.63, 3.8) is 0 Å². The molecule has 0 atom stereocenters. The van der Waals surface area contributed by atoms with E-state index >= 15 is 0 Å². The molecule has 0 bridgehead atoms. The lowest BCUT2D eigenvalue weighted by Gasteiger charge is -2.17. The molecule has 0 saturated heterocycles. The number of methoxy groups -OCH3 is 1. The molecule has 0 unspecified atom stereocenters. The zero-order chi connectivity index (χ0) is 17.3. The van der Waals surface area contributed by atoms with Crippen LogP contribution < -0.4 is 15.4 Å². The molecule has 24 heavy (non-hydrogen) atoms. The third kappa shape index (κ3) is 3.00. The van der Waals surface area contributed by atoms with Crippen LogP contribution in [0.1, 0.15) is 0 Å². The predicted molar refractivity (Wildman–Crippen MR) is 91.9 cm³/mol. The molecule has 1 amide bonds. The number of nitrogens with zero attached hydrogens (tertiary/aromatic N) is 2. The van der Waals surface area contributed by atoms with Gasteiger partial charge in [0.05, 0.1) is 12.6 Å². The third-order valence-electron chi connectivity index (χ3n) is 3.76. The molecule has 0 saturated carbocycles. The maximum atomic E-state index is 12.5. The molecular weight excluding hydrogens is 332 g/mol. The van der Waals surface area contributed by atoms with Gasteiger partial charge in [0.15, 0.2) is 5.58 Å². The lowest BCUT2D eigenvalue weighted by molar-refractivity contribution is -0.118. The van der Waals surface area contributed by atoms with E-state index in [1.165, 1.54) is 9.47 Å². The molecule has 1 aromatic heterocycles. The summed E-state index contributed by atoms with van der Waals surface area (Å²) in [6.45, 7) is -0.129. The molecule has 0 aliphatic rings. The van der Waals surface area contributed by atoms with E-state index in [9.17, 15) is 9.59 Å². The van der Waals surface area contributed by atoms with Crippen LogP contribution in [0.25, 0.3) is 11.1 Å². The normalized spacial score (nSPS) is 10.8. The number of hydrogen-bond donors (Lipinski definition) is 0. The van der Waals surface area contributed by atoms with E-state index in [-0.39, 0.29) is 12.5 Å². The number of benzene rings is 2. The fourth-order valence-corrected chi connectivity index (χ4v) is 2.54. The second-order valence-electron chi connectivity index (χ2n) is 5.22. The number of aromatic nitrogens is 1. The van der Waals surface area contributed by atoms with Gasteiger partial charge in [-0.1, -0.05) is 11.6 Å². The van der Waals surface area contributed by atoms with Crippen molar-refractivity contribution in [1.82, 2.24) is 4.57 Å². The van der Waals surface area contributed by atoms with Crippen LogP contribution in [0.3, 0.4) is 0 Å². The maximum absolute atomic E-state index is 12.5. The molecule has 7 heteroatoms. The number of halogens is 1. The lowest BCUT2D eigenvalue weighted by atomic mass is 10.2. The number of fused-ring (bicyclic) bond motifs is 1. The first-order chi connectivity index (χ1) is 11.5. The lowest BCUT2D eigenvalue weighted by Crippen LogP contribution is -2.32. The first kappa shape index (κ1) is 16.1. The highest BCUT2D eigenvalue weighted by Crippen LogP contribution is 2.20. The first-order valence-corrected chi connectivity index (χ1v) is 7.57. The van der Waals surface area contributed by atoms with Gasteiger partial charge in [0, 0.05) is 23.8 Å². The van der Waals surface area contributed by atoms with Crippen LogP contribution in [0.2, 0.25) is 5.02 Å². The summed E-state index contributed by atoms with van der Waals surface area (Å²) in [4.78, 5) is 26.0. The Hall–Kier alpha value is -2.73. The number of carbonyl (C=O) groups is 1. The van der Waals surface area contributed by atoms with Crippen molar-refractivity contribution in [3.8, 4) is 5.75 Å². The molecular formula is C17H15ClN2O4. The minimum atomic E-state index is -0.594. The number of carbonyl (C=O) groups excluding carboxylic acids is 1. The van der Waals surface area contributed by atoms with E-state index in [4.69, 9.17) is 20.8 Å². The molecule has 3 aromatic rings. The molecule has 0 N–H and O–H groups in total. The summed E-state index contributed by atoms with van der Waals surface area (Å²) in [6, 6.07) is 11.9. The largest absolute Gasteiger partial charge is 0.497 e. The molecule has 3 rings (SSSR count). The number of oxazole rings is 1. The van der Waals surface area contributed by atoms with E-state index in [1.54, 1.807) is 56.6 Å². The molecule has 0 fully saturated rings. The predicted octanol–water partition coefficient (Wildman–Crippen LogP) is 2.92. The molecule has 6 nitrogen and oxygen atoms in total. The Labute approximate surface area is 142 Å². The summed E-state index contributed by atoms with van der Waals surface area (Å²) in [5, 5.41) is 0.463. The van der Waals surface area contributed by atoms with E-state index < -0.39 is 5.76 Å². The Morgan fingerprint density at radius 1 is 1.25 bits per heavy atom. The number of anilines is 1. The van der Waals surface area contributed by atoms with Crippen LogP contribution in [-0.2, 0) is 11.3 Å². The number of rotatable bonds is 4. The van der Waals surface area contributed by atoms with Crippen LogP contribution in [0.4, 0.5) is 5.69 Å². The van der Waals surface area contributed by atoms with Gasteiger partial charge in [-0.15, -0.1) is 0 Å². The van der Waals surface area contributed by atoms with Gasteiger partial charge >= 0.3 is 5.76 Å². The van der Waals surface area contributed by atoms with Crippen LogP contribution in [0.15, 0.2) is 51.7 Å².